The molecule has 0 spiro atoms. The van der Waals surface area contributed by atoms with E-state index in [1.54, 1.807) is 36.4 Å². The Balaban J connectivity index is 0.000000177. The van der Waals surface area contributed by atoms with Crippen molar-refractivity contribution in [1.29, 1.82) is 0 Å². The van der Waals surface area contributed by atoms with Gasteiger partial charge >= 0.3 is 0 Å². The van der Waals surface area contributed by atoms with E-state index in [9.17, 15) is 8.78 Å². The van der Waals surface area contributed by atoms with Crippen molar-refractivity contribution in [2.75, 3.05) is 0 Å². The molecule has 0 aliphatic carbocycles. The van der Waals surface area contributed by atoms with Crippen LogP contribution in [-0.4, -0.2) is 17.4 Å². The predicted octanol–water partition coefficient (Wildman–Crippen LogP) is 6.09. The molecule has 4 rings (SSSR count). The highest BCUT2D eigenvalue weighted by Crippen LogP contribution is 2.30. The molecule has 0 amide bonds. The first-order chi connectivity index (χ1) is 14.5. The summed E-state index contributed by atoms with van der Waals surface area (Å²) < 4.78 is 30.6. The lowest BCUT2D eigenvalue weighted by Crippen LogP contribution is -2.05. The summed E-state index contributed by atoms with van der Waals surface area (Å²) in [5.41, 5.74) is 3.39. The van der Waals surface area contributed by atoms with Gasteiger partial charge in [-0.05, 0) is 54.4 Å². The van der Waals surface area contributed by atoms with E-state index in [-0.39, 0.29) is 17.6 Å². The summed E-state index contributed by atoms with van der Waals surface area (Å²) in [5, 5.41) is 0. The average Bonchev–Trinajstić information content (AvgIpc) is 3.18. The van der Waals surface area contributed by atoms with Gasteiger partial charge in [0.1, 0.15) is 19.5 Å². The molecule has 0 radical (unpaired) electrons. The minimum Gasteiger partial charge on any atom is -0.304 e. The smallest absolute Gasteiger partial charge is 0.126 e. The third kappa shape index (κ3) is 5.25. The van der Waals surface area contributed by atoms with E-state index >= 15 is 0 Å². The molecule has 3 aromatic carbocycles. The van der Waals surface area contributed by atoms with E-state index in [0.717, 1.165) is 15.9 Å². The molecule has 6 heteroatoms. The Kier molecular flexibility index (Phi) is 7.58. The van der Waals surface area contributed by atoms with Gasteiger partial charge in [-0.3, -0.25) is 0 Å². The van der Waals surface area contributed by atoms with E-state index in [2.05, 4.69) is 33.0 Å². The van der Waals surface area contributed by atoms with Gasteiger partial charge in [-0.1, -0.05) is 58.6 Å². The molecule has 0 fully saturated rings. The number of halogens is 3. The molecule has 0 saturated carbocycles. The van der Waals surface area contributed by atoms with Crippen molar-refractivity contribution in [3.8, 4) is 5.69 Å². The normalized spacial score (nSPS) is 10.6. The second kappa shape index (κ2) is 10.3. The van der Waals surface area contributed by atoms with Crippen LogP contribution >= 0.6 is 15.9 Å². The largest absolute Gasteiger partial charge is 0.304 e. The van der Waals surface area contributed by atoms with E-state index in [1.807, 2.05) is 44.0 Å². The number of benzene rings is 3. The maximum Gasteiger partial charge on any atom is 0.126 e. The molecule has 0 bridgehead atoms. The first-order valence-corrected chi connectivity index (χ1v) is 10.5. The van der Waals surface area contributed by atoms with Crippen LogP contribution in [0.4, 0.5) is 8.78 Å². The number of aromatic nitrogens is 2. The number of hydrogen-bond acceptors (Lipinski definition) is 1. The van der Waals surface area contributed by atoms with Gasteiger partial charge in [-0.2, -0.15) is 0 Å². The van der Waals surface area contributed by atoms with Crippen LogP contribution in [0.15, 0.2) is 89.8 Å². The van der Waals surface area contributed by atoms with Crippen molar-refractivity contribution >= 4 is 23.8 Å². The highest BCUT2D eigenvalue weighted by Gasteiger charge is 2.18. The summed E-state index contributed by atoms with van der Waals surface area (Å²) in [6.45, 7) is 2.04. The summed E-state index contributed by atoms with van der Waals surface area (Å²) in [5.74, 6) is -0.775. The van der Waals surface area contributed by atoms with Crippen molar-refractivity contribution in [2.45, 2.75) is 19.2 Å². The maximum absolute atomic E-state index is 13.7. The zero-order valence-electron chi connectivity index (χ0n) is 16.9. The predicted molar refractivity (Wildman–Crippen MR) is 124 cm³/mol. The van der Waals surface area contributed by atoms with Gasteiger partial charge in [0.25, 0.3) is 0 Å². The minimum absolute atomic E-state index is 0.225. The molecule has 152 valence electrons. The number of nitrogens with zero attached hydrogens (tertiary/aromatic N) is 2. The van der Waals surface area contributed by atoms with Gasteiger partial charge in [-0.25, -0.2) is 13.8 Å². The zero-order valence-corrected chi connectivity index (χ0v) is 18.5. The number of aryl methyl sites for hydroxylation is 1. The van der Waals surface area contributed by atoms with Crippen molar-refractivity contribution < 1.29 is 8.78 Å². The number of hydrogen-bond donors (Lipinski definition) is 0. The second-order valence-corrected chi connectivity index (χ2v) is 7.80. The Labute approximate surface area is 185 Å². The van der Waals surface area contributed by atoms with E-state index in [1.165, 1.54) is 12.1 Å². The fourth-order valence-electron chi connectivity index (χ4n) is 3.36. The molecule has 30 heavy (non-hydrogen) atoms. The fourth-order valence-corrected chi connectivity index (χ4v) is 3.62. The standard InChI is InChI=1S/C14H13BF2.C10H9BrN2/c15-9-12(10-5-1-3-7-13(10)16)11-6-2-4-8-14(11)17;1-8-6-12-7-13(8)10-4-2-9(11)3-5-10/h1-8,12H,9,15H2;2-7H,1H3. The van der Waals surface area contributed by atoms with E-state index in [4.69, 9.17) is 0 Å². The van der Waals surface area contributed by atoms with Crippen LogP contribution in [0.2, 0.25) is 6.32 Å². The Morgan fingerprint density at radius 3 is 1.87 bits per heavy atom. The van der Waals surface area contributed by atoms with Crippen LogP contribution in [0.25, 0.3) is 5.69 Å². The topological polar surface area (TPSA) is 17.8 Å². The summed E-state index contributed by atoms with van der Waals surface area (Å²) in [6, 6.07) is 21.3. The molecular weight excluding hydrogens is 445 g/mol. The molecule has 4 aromatic rings. The zero-order chi connectivity index (χ0) is 21.5. The van der Waals surface area contributed by atoms with Crippen LogP contribution in [0.5, 0.6) is 0 Å². The highest BCUT2D eigenvalue weighted by atomic mass is 79.9. The van der Waals surface area contributed by atoms with Crippen molar-refractivity contribution in [3.05, 3.63) is 118 Å². The minimum atomic E-state index is -0.275. The molecule has 1 heterocycles. The summed E-state index contributed by atoms with van der Waals surface area (Å²) in [7, 11) is 1.93. The van der Waals surface area contributed by atoms with Gasteiger partial charge in [0.05, 0.1) is 6.33 Å². The molecule has 0 N–H and O–H groups in total. The Hall–Kier alpha value is -2.73. The Morgan fingerprint density at radius 2 is 1.43 bits per heavy atom. The lowest BCUT2D eigenvalue weighted by atomic mass is 9.80. The molecule has 2 nitrogen and oxygen atoms in total. The van der Waals surface area contributed by atoms with Crippen LogP contribution in [-0.2, 0) is 0 Å². The Morgan fingerprint density at radius 1 is 0.900 bits per heavy atom. The van der Waals surface area contributed by atoms with E-state index in [0.29, 0.717) is 17.4 Å². The molecular formula is C24H22BBrF2N2. The van der Waals surface area contributed by atoms with Crippen molar-refractivity contribution in [1.82, 2.24) is 9.55 Å². The SMILES string of the molecule is BCC(c1ccccc1F)c1ccccc1F.Cc1cncn1-c1ccc(Br)cc1. The molecule has 0 unspecified atom stereocenters. The number of imidazole rings is 1. The number of rotatable bonds is 4. The Bertz CT molecular complexity index is 1050. The van der Waals surface area contributed by atoms with Crippen molar-refractivity contribution in [2.24, 2.45) is 0 Å². The van der Waals surface area contributed by atoms with Crippen LogP contribution in [0, 0.1) is 18.6 Å². The summed E-state index contributed by atoms with van der Waals surface area (Å²) in [4.78, 5) is 4.07. The third-order valence-electron chi connectivity index (χ3n) is 4.90. The highest BCUT2D eigenvalue weighted by molar-refractivity contribution is 9.10. The lowest BCUT2D eigenvalue weighted by Gasteiger charge is -2.17. The van der Waals surface area contributed by atoms with Crippen molar-refractivity contribution in [3.63, 3.8) is 0 Å². The lowest BCUT2D eigenvalue weighted by molar-refractivity contribution is 0.581. The maximum atomic E-state index is 13.7. The van der Waals surface area contributed by atoms with Gasteiger partial charge in [0.2, 0.25) is 0 Å². The monoisotopic (exact) mass is 466 g/mol. The first-order valence-electron chi connectivity index (χ1n) is 9.75. The first kappa shape index (κ1) is 22.0. The van der Waals surface area contributed by atoms with Gasteiger partial charge in [0, 0.05) is 28.0 Å². The van der Waals surface area contributed by atoms with Crippen LogP contribution in [0.3, 0.4) is 0 Å². The average molecular weight is 467 g/mol. The summed E-state index contributed by atoms with van der Waals surface area (Å²) >= 11 is 3.40. The fraction of sp³-hybridized carbons (Fsp3) is 0.125. The summed E-state index contributed by atoms with van der Waals surface area (Å²) in [6.07, 6.45) is 4.34. The molecule has 0 atom stereocenters. The van der Waals surface area contributed by atoms with Gasteiger partial charge < -0.3 is 4.57 Å². The van der Waals surface area contributed by atoms with E-state index < -0.39 is 0 Å². The van der Waals surface area contributed by atoms with Crippen LogP contribution < -0.4 is 0 Å². The molecule has 0 saturated heterocycles. The third-order valence-corrected chi connectivity index (χ3v) is 5.43. The van der Waals surface area contributed by atoms with Gasteiger partial charge in [0.15, 0.2) is 0 Å². The van der Waals surface area contributed by atoms with Gasteiger partial charge in [-0.15, -0.1) is 0 Å². The molecule has 1 aromatic heterocycles. The quantitative estimate of drug-likeness (QED) is 0.332. The molecule has 0 aliphatic heterocycles. The van der Waals surface area contributed by atoms with Crippen LogP contribution in [0.1, 0.15) is 22.7 Å². The second-order valence-electron chi connectivity index (χ2n) is 6.89. The molecule has 0 aliphatic rings.